The lowest BCUT2D eigenvalue weighted by Gasteiger charge is -2.33. The molecule has 0 saturated heterocycles. The third-order valence-electron chi connectivity index (χ3n) is 3.15. The smallest absolute Gasteiger partial charge is 0.374 e. The zero-order valence-electron chi connectivity index (χ0n) is 13.6. The molecule has 0 heterocycles. The van der Waals surface area contributed by atoms with Crippen LogP contribution in [0.2, 0.25) is 6.04 Å². The van der Waals surface area contributed by atoms with E-state index in [1.165, 1.54) is 0 Å². The highest BCUT2D eigenvalue weighted by atomic mass is 35.5. The molecule has 3 atom stereocenters. The van der Waals surface area contributed by atoms with Crippen molar-refractivity contribution in [3.05, 3.63) is 0 Å². The van der Waals surface area contributed by atoms with Gasteiger partial charge in [0.25, 0.3) is 0 Å². The third kappa shape index (κ3) is 6.63. The molecule has 0 radical (unpaired) electrons. The Bertz CT molecular complexity index is 238. The first-order valence-corrected chi connectivity index (χ1v) is 10.3. The zero-order chi connectivity index (χ0) is 15.8. The van der Waals surface area contributed by atoms with E-state index >= 15 is 0 Å². The molecule has 0 aromatic carbocycles. The Hall–Kier alpha value is 0.677. The van der Waals surface area contributed by atoms with Crippen molar-refractivity contribution in [1.82, 2.24) is 0 Å². The first-order chi connectivity index (χ1) is 9.33. The summed E-state index contributed by atoms with van der Waals surface area (Å²) < 4.78 is 17.6. The molecule has 0 bridgehead atoms. The SMILES string of the molecule is CCO[Si](CC(C)C(Cl)C(Cl)C(C)C)(OCC)OCC. The van der Waals surface area contributed by atoms with Gasteiger partial charge in [-0.1, -0.05) is 20.8 Å². The van der Waals surface area contributed by atoms with Gasteiger partial charge in [0, 0.05) is 25.9 Å². The first-order valence-electron chi connectivity index (χ1n) is 7.53. The molecule has 3 unspecified atom stereocenters. The van der Waals surface area contributed by atoms with Crippen LogP contribution in [0.4, 0.5) is 0 Å². The number of halogens is 2. The highest BCUT2D eigenvalue weighted by Gasteiger charge is 2.44. The van der Waals surface area contributed by atoms with Gasteiger partial charge in [-0.3, -0.25) is 0 Å². The van der Waals surface area contributed by atoms with E-state index < -0.39 is 8.80 Å². The average molecular weight is 345 g/mol. The zero-order valence-corrected chi connectivity index (χ0v) is 16.1. The lowest BCUT2D eigenvalue weighted by atomic mass is 9.99. The fourth-order valence-electron chi connectivity index (χ4n) is 2.15. The summed E-state index contributed by atoms with van der Waals surface area (Å²) >= 11 is 12.9. The Morgan fingerprint density at radius 3 is 1.50 bits per heavy atom. The second-order valence-corrected chi connectivity index (χ2v) is 8.94. The lowest BCUT2D eigenvalue weighted by molar-refractivity contribution is 0.0673. The second-order valence-electron chi connectivity index (χ2n) is 5.30. The van der Waals surface area contributed by atoms with E-state index in [1.54, 1.807) is 0 Å². The molecule has 0 saturated carbocycles. The summed E-state index contributed by atoms with van der Waals surface area (Å²) in [6.07, 6.45) is 0. The van der Waals surface area contributed by atoms with Gasteiger partial charge < -0.3 is 13.3 Å². The van der Waals surface area contributed by atoms with Crippen LogP contribution in [0, 0.1) is 11.8 Å². The highest BCUT2D eigenvalue weighted by Crippen LogP contribution is 2.31. The molecule has 0 amide bonds. The minimum atomic E-state index is -2.65. The van der Waals surface area contributed by atoms with Crippen molar-refractivity contribution in [2.24, 2.45) is 11.8 Å². The molecule has 3 nitrogen and oxygen atoms in total. The summed E-state index contributed by atoms with van der Waals surface area (Å²) in [5.41, 5.74) is 0. The maximum absolute atomic E-state index is 6.51. The standard InChI is InChI=1S/C14H30Cl2O3Si/c1-7-17-20(18-8-2,19-9-3)10-12(6)14(16)13(15)11(4)5/h11-14H,7-10H2,1-6H3. The van der Waals surface area contributed by atoms with E-state index in [-0.39, 0.29) is 16.7 Å². The van der Waals surface area contributed by atoms with Crippen molar-refractivity contribution in [2.75, 3.05) is 19.8 Å². The summed E-state index contributed by atoms with van der Waals surface area (Å²) in [6.45, 7) is 13.9. The average Bonchev–Trinajstić information content (AvgIpc) is 2.37. The lowest BCUT2D eigenvalue weighted by Crippen LogP contribution is -2.48. The van der Waals surface area contributed by atoms with E-state index in [2.05, 4.69) is 20.8 Å². The summed E-state index contributed by atoms with van der Waals surface area (Å²) in [6, 6.07) is 0.701. The Labute approximate surface area is 135 Å². The van der Waals surface area contributed by atoms with Gasteiger partial charge in [-0.2, -0.15) is 0 Å². The topological polar surface area (TPSA) is 27.7 Å². The van der Waals surface area contributed by atoms with E-state index in [4.69, 9.17) is 36.5 Å². The number of rotatable bonds is 11. The number of hydrogen-bond acceptors (Lipinski definition) is 3. The normalized spacial score (nSPS) is 17.2. The minimum Gasteiger partial charge on any atom is -0.374 e. The fourth-order valence-corrected chi connectivity index (χ4v) is 5.89. The van der Waals surface area contributed by atoms with Crippen LogP contribution in [0.5, 0.6) is 0 Å². The number of alkyl halides is 2. The molecule has 20 heavy (non-hydrogen) atoms. The maximum Gasteiger partial charge on any atom is 0.501 e. The summed E-state index contributed by atoms with van der Waals surface area (Å²) in [5, 5.41) is -0.187. The van der Waals surface area contributed by atoms with Crippen LogP contribution in [-0.4, -0.2) is 39.4 Å². The van der Waals surface area contributed by atoms with Crippen LogP contribution in [0.15, 0.2) is 0 Å². The second kappa shape index (κ2) is 10.4. The van der Waals surface area contributed by atoms with E-state index in [0.717, 1.165) is 0 Å². The molecule has 0 spiro atoms. The van der Waals surface area contributed by atoms with Crippen molar-refractivity contribution in [3.63, 3.8) is 0 Å². The van der Waals surface area contributed by atoms with Crippen LogP contribution >= 0.6 is 23.2 Å². The summed E-state index contributed by atoms with van der Waals surface area (Å²) in [5.74, 6) is 0.516. The molecule has 0 aliphatic rings. The van der Waals surface area contributed by atoms with Gasteiger partial charge >= 0.3 is 8.80 Å². The Morgan fingerprint density at radius 1 is 0.800 bits per heavy atom. The van der Waals surface area contributed by atoms with Crippen LogP contribution in [0.1, 0.15) is 41.5 Å². The van der Waals surface area contributed by atoms with Crippen molar-refractivity contribution in [2.45, 2.75) is 58.3 Å². The quantitative estimate of drug-likeness (QED) is 0.406. The van der Waals surface area contributed by atoms with E-state index in [1.807, 2.05) is 20.8 Å². The predicted octanol–water partition coefficient (Wildman–Crippen LogP) is 4.54. The minimum absolute atomic E-state index is 0.0664. The van der Waals surface area contributed by atoms with Crippen LogP contribution < -0.4 is 0 Å². The largest absolute Gasteiger partial charge is 0.501 e. The molecule has 0 fully saturated rings. The Balaban J connectivity index is 4.85. The van der Waals surface area contributed by atoms with Crippen LogP contribution in [0.25, 0.3) is 0 Å². The summed E-state index contributed by atoms with van der Waals surface area (Å²) in [4.78, 5) is 0. The summed E-state index contributed by atoms with van der Waals surface area (Å²) in [7, 11) is -2.65. The van der Waals surface area contributed by atoms with Crippen molar-refractivity contribution < 1.29 is 13.3 Å². The maximum atomic E-state index is 6.51. The van der Waals surface area contributed by atoms with Gasteiger partial charge in [0.1, 0.15) is 0 Å². The third-order valence-corrected chi connectivity index (χ3v) is 8.08. The monoisotopic (exact) mass is 344 g/mol. The molecule has 122 valence electrons. The van der Waals surface area contributed by atoms with E-state index in [9.17, 15) is 0 Å². The van der Waals surface area contributed by atoms with Crippen molar-refractivity contribution >= 4 is 32.0 Å². The van der Waals surface area contributed by atoms with Gasteiger partial charge in [0.05, 0.1) is 10.8 Å². The van der Waals surface area contributed by atoms with Crippen LogP contribution in [-0.2, 0) is 13.3 Å². The molecule has 0 rings (SSSR count). The van der Waals surface area contributed by atoms with E-state index in [0.29, 0.717) is 31.8 Å². The molecule has 6 heteroatoms. The van der Waals surface area contributed by atoms with Crippen LogP contribution in [0.3, 0.4) is 0 Å². The molecule has 0 N–H and O–H groups in total. The molecular formula is C14H30Cl2O3Si. The van der Waals surface area contributed by atoms with Crippen molar-refractivity contribution in [3.8, 4) is 0 Å². The Morgan fingerprint density at radius 2 is 1.20 bits per heavy atom. The van der Waals surface area contributed by atoms with Crippen molar-refractivity contribution in [1.29, 1.82) is 0 Å². The van der Waals surface area contributed by atoms with Gasteiger partial charge in [-0.25, -0.2) is 0 Å². The van der Waals surface area contributed by atoms with Gasteiger partial charge in [-0.05, 0) is 32.6 Å². The van der Waals surface area contributed by atoms with Gasteiger partial charge in [0.15, 0.2) is 0 Å². The van der Waals surface area contributed by atoms with Gasteiger partial charge in [-0.15, -0.1) is 23.2 Å². The first kappa shape index (κ1) is 20.7. The predicted molar refractivity (Wildman–Crippen MR) is 88.7 cm³/mol. The molecule has 0 aliphatic heterocycles. The molecule has 0 aromatic heterocycles. The van der Waals surface area contributed by atoms with Gasteiger partial charge in [0.2, 0.25) is 0 Å². The Kier molecular flexibility index (Phi) is 10.8. The molecule has 0 aliphatic carbocycles. The molecular weight excluding hydrogens is 315 g/mol. The fraction of sp³-hybridized carbons (Fsp3) is 1.00. The molecule has 0 aromatic rings. The highest BCUT2D eigenvalue weighted by molar-refractivity contribution is 6.60. The number of hydrogen-bond donors (Lipinski definition) is 0.